The summed E-state index contributed by atoms with van der Waals surface area (Å²) in [5.74, 6) is 0.867. The number of esters is 1. The predicted molar refractivity (Wildman–Crippen MR) is 95.2 cm³/mol. The van der Waals surface area contributed by atoms with Gasteiger partial charge in [0.1, 0.15) is 0 Å². The third-order valence-corrected chi connectivity index (χ3v) is 5.85. The highest BCUT2D eigenvalue weighted by atomic mass is 16.5. The number of ether oxygens (including phenoxy) is 1. The lowest BCUT2D eigenvalue weighted by molar-refractivity contribution is -0.161. The number of carbonyl (C=O) groups excluding carboxylic acids is 1. The maximum atomic E-state index is 12.0. The molecule has 2 rings (SSSR count). The first-order valence-corrected chi connectivity index (χ1v) is 9.45. The van der Waals surface area contributed by atoms with Crippen molar-refractivity contribution >= 4 is 5.97 Å². The van der Waals surface area contributed by atoms with Gasteiger partial charge >= 0.3 is 5.97 Å². The molecule has 0 bridgehead atoms. The summed E-state index contributed by atoms with van der Waals surface area (Å²) in [5.41, 5.74) is 0.714. The lowest BCUT2D eigenvalue weighted by atomic mass is 9.51. The van der Waals surface area contributed by atoms with Crippen LogP contribution in [0.25, 0.3) is 0 Å². The fraction of sp³-hybridized carbons (Fsp3) is 0.850. The van der Waals surface area contributed by atoms with Crippen molar-refractivity contribution in [3.8, 4) is 0 Å². The van der Waals surface area contributed by atoms with Crippen LogP contribution in [0.2, 0.25) is 0 Å². The Balaban J connectivity index is 1.94. The van der Waals surface area contributed by atoms with Crippen LogP contribution in [-0.4, -0.2) is 25.7 Å². The number of rotatable bonds is 7. The molecule has 1 spiro atoms. The molecule has 132 valence electrons. The zero-order chi connectivity index (χ0) is 16.9. The summed E-state index contributed by atoms with van der Waals surface area (Å²) in [6, 6.07) is 0. The van der Waals surface area contributed by atoms with Crippen molar-refractivity contribution in [1.29, 1.82) is 0 Å². The summed E-state index contributed by atoms with van der Waals surface area (Å²) in [4.78, 5) is 12.0. The van der Waals surface area contributed by atoms with Gasteiger partial charge in [0, 0.05) is 0 Å². The quantitative estimate of drug-likeness (QED) is 0.560. The highest BCUT2D eigenvalue weighted by Gasteiger charge is 2.53. The molecule has 0 radical (unpaired) electrons. The van der Waals surface area contributed by atoms with E-state index in [0.29, 0.717) is 23.4 Å². The summed E-state index contributed by atoms with van der Waals surface area (Å²) in [5, 5.41) is 3.58. The largest absolute Gasteiger partial charge is 0.466 e. The molecule has 3 heteroatoms. The molecule has 0 aromatic rings. The molecule has 23 heavy (non-hydrogen) atoms. The molecule has 2 aliphatic rings. The fourth-order valence-corrected chi connectivity index (χ4v) is 4.53. The van der Waals surface area contributed by atoms with E-state index in [-0.39, 0.29) is 11.9 Å². The van der Waals surface area contributed by atoms with Crippen molar-refractivity contribution in [3.63, 3.8) is 0 Å². The normalized spacial score (nSPS) is 31.3. The molecule has 0 aromatic heterocycles. The number of hydrogen-bond acceptors (Lipinski definition) is 3. The van der Waals surface area contributed by atoms with Gasteiger partial charge in [0.05, 0.1) is 12.5 Å². The summed E-state index contributed by atoms with van der Waals surface area (Å²) < 4.78 is 5.22. The monoisotopic (exact) mass is 321 g/mol. The van der Waals surface area contributed by atoms with Crippen molar-refractivity contribution in [3.05, 3.63) is 12.2 Å². The molecular formula is C20H35NO2. The molecule has 0 amide bonds. The number of allylic oxidation sites excluding steroid dienone is 2. The average Bonchev–Trinajstić information content (AvgIpc) is 2.45. The second-order valence-corrected chi connectivity index (χ2v) is 8.32. The molecule has 1 aliphatic heterocycles. The molecule has 0 aromatic carbocycles. The maximum absolute atomic E-state index is 12.0. The number of hydrogen-bond donors (Lipinski definition) is 1. The van der Waals surface area contributed by atoms with Crippen molar-refractivity contribution < 1.29 is 9.53 Å². The molecule has 1 saturated heterocycles. The summed E-state index contributed by atoms with van der Waals surface area (Å²) >= 11 is 0. The average molecular weight is 322 g/mol. The molecule has 1 saturated carbocycles. The highest BCUT2D eigenvalue weighted by Crippen LogP contribution is 2.57. The Labute approximate surface area is 142 Å². The van der Waals surface area contributed by atoms with E-state index in [4.69, 9.17) is 4.74 Å². The Bertz CT molecular complexity index is 421. The van der Waals surface area contributed by atoms with E-state index in [1.54, 1.807) is 0 Å². The third-order valence-electron chi connectivity index (χ3n) is 5.85. The van der Waals surface area contributed by atoms with Crippen LogP contribution in [0.3, 0.4) is 0 Å². The van der Waals surface area contributed by atoms with E-state index in [1.807, 2.05) is 6.92 Å². The standard InChI is InChI=1S/C20H35NO2/c1-5-7-8-9-19(3,4)14-17-15-21-11-10-20(17)12-16(13-20)18(22)23-6-2/h7-8,16-17,21H,5-6,9-15H2,1-4H3. The van der Waals surface area contributed by atoms with Crippen molar-refractivity contribution in [2.75, 3.05) is 19.7 Å². The van der Waals surface area contributed by atoms with Crippen LogP contribution in [0.1, 0.15) is 66.2 Å². The van der Waals surface area contributed by atoms with E-state index < -0.39 is 0 Å². The summed E-state index contributed by atoms with van der Waals surface area (Å²) in [7, 11) is 0. The third kappa shape index (κ3) is 4.59. The Morgan fingerprint density at radius 2 is 2.04 bits per heavy atom. The molecule has 1 atom stereocenters. The van der Waals surface area contributed by atoms with Gasteiger partial charge in [-0.25, -0.2) is 0 Å². The van der Waals surface area contributed by atoms with Gasteiger partial charge in [0.2, 0.25) is 0 Å². The van der Waals surface area contributed by atoms with Gasteiger partial charge in [0.25, 0.3) is 0 Å². The van der Waals surface area contributed by atoms with Crippen LogP contribution < -0.4 is 5.32 Å². The van der Waals surface area contributed by atoms with Crippen LogP contribution in [0.4, 0.5) is 0 Å². The predicted octanol–water partition coefficient (Wildman–Crippen LogP) is 4.33. The first-order chi connectivity index (χ1) is 10.9. The van der Waals surface area contributed by atoms with Gasteiger partial charge in [-0.3, -0.25) is 4.79 Å². The first kappa shape index (κ1) is 18.5. The topological polar surface area (TPSA) is 38.3 Å². The molecule has 1 heterocycles. The maximum Gasteiger partial charge on any atom is 0.308 e. The van der Waals surface area contributed by atoms with Crippen LogP contribution in [0.15, 0.2) is 12.2 Å². The zero-order valence-corrected chi connectivity index (χ0v) is 15.5. The number of nitrogens with one attached hydrogen (secondary N) is 1. The van der Waals surface area contributed by atoms with Crippen LogP contribution in [0, 0.1) is 22.7 Å². The van der Waals surface area contributed by atoms with Gasteiger partial charge in [-0.1, -0.05) is 32.9 Å². The molecule has 1 unspecified atom stereocenters. The minimum absolute atomic E-state index is 0.0283. The minimum atomic E-state index is 0.0283. The Hall–Kier alpha value is -0.830. The zero-order valence-electron chi connectivity index (χ0n) is 15.5. The second kappa shape index (κ2) is 7.83. The second-order valence-electron chi connectivity index (χ2n) is 8.32. The van der Waals surface area contributed by atoms with Crippen molar-refractivity contribution in [2.45, 2.75) is 66.2 Å². The number of piperidine rings is 1. The lowest BCUT2D eigenvalue weighted by Crippen LogP contribution is -2.54. The van der Waals surface area contributed by atoms with Gasteiger partial charge in [-0.15, -0.1) is 0 Å². The van der Waals surface area contributed by atoms with Gasteiger partial charge in [0.15, 0.2) is 0 Å². The smallest absolute Gasteiger partial charge is 0.308 e. The molecule has 3 nitrogen and oxygen atoms in total. The van der Waals surface area contributed by atoms with Crippen LogP contribution in [0.5, 0.6) is 0 Å². The van der Waals surface area contributed by atoms with E-state index in [1.165, 1.54) is 12.8 Å². The molecule has 1 N–H and O–H groups in total. The lowest BCUT2D eigenvalue weighted by Gasteiger charge is -2.55. The van der Waals surface area contributed by atoms with Crippen LogP contribution >= 0.6 is 0 Å². The Kier molecular flexibility index (Phi) is 6.30. The molecule has 2 fully saturated rings. The summed E-state index contributed by atoms with van der Waals surface area (Å²) in [6.07, 6.45) is 11.4. The minimum Gasteiger partial charge on any atom is -0.466 e. The van der Waals surface area contributed by atoms with Crippen molar-refractivity contribution in [1.82, 2.24) is 5.32 Å². The fourth-order valence-electron chi connectivity index (χ4n) is 4.53. The van der Waals surface area contributed by atoms with E-state index in [2.05, 4.69) is 38.2 Å². The summed E-state index contributed by atoms with van der Waals surface area (Å²) in [6.45, 7) is 11.6. The first-order valence-electron chi connectivity index (χ1n) is 9.45. The molecular weight excluding hydrogens is 286 g/mol. The highest BCUT2D eigenvalue weighted by molar-refractivity contribution is 5.73. The van der Waals surface area contributed by atoms with Crippen LogP contribution in [-0.2, 0) is 9.53 Å². The van der Waals surface area contributed by atoms with Gasteiger partial charge in [-0.2, -0.15) is 0 Å². The van der Waals surface area contributed by atoms with E-state index >= 15 is 0 Å². The number of carbonyl (C=O) groups is 1. The Morgan fingerprint density at radius 1 is 1.30 bits per heavy atom. The van der Waals surface area contributed by atoms with E-state index in [9.17, 15) is 4.79 Å². The van der Waals surface area contributed by atoms with Gasteiger partial charge < -0.3 is 10.1 Å². The SMILES string of the molecule is CCC=CCC(C)(C)CC1CNCCC12CC(C(=O)OCC)C2. The van der Waals surface area contributed by atoms with E-state index in [0.717, 1.165) is 38.8 Å². The Morgan fingerprint density at radius 3 is 2.70 bits per heavy atom. The van der Waals surface area contributed by atoms with Gasteiger partial charge in [-0.05, 0) is 75.3 Å². The molecule has 1 aliphatic carbocycles. The van der Waals surface area contributed by atoms with Crippen molar-refractivity contribution in [2.24, 2.45) is 22.7 Å².